The zero-order valence-corrected chi connectivity index (χ0v) is 18.8. The van der Waals surface area contributed by atoms with Gasteiger partial charge in [-0.2, -0.15) is 4.98 Å². The maximum absolute atomic E-state index is 12.7. The van der Waals surface area contributed by atoms with Gasteiger partial charge in [0.2, 0.25) is 11.7 Å². The fraction of sp³-hybridized carbons (Fsp3) is 0.250. The molecule has 160 valence electrons. The van der Waals surface area contributed by atoms with E-state index in [0.717, 1.165) is 0 Å². The number of rotatable bonds is 8. The summed E-state index contributed by atoms with van der Waals surface area (Å²) < 4.78 is 37.9. The Kier molecular flexibility index (Phi) is 7.03. The lowest BCUT2D eigenvalue weighted by atomic mass is 10.4. The molecule has 0 saturated carbocycles. The molecule has 1 aromatic carbocycles. The number of hydrogen-bond acceptors (Lipinski definition) is 10. The van der Waals surface area contributed by atoms with E-state index in [9.17, 15) is 8.42 Å². The third-order valence-electron chi connectivity index (χ3n) is 3.62. The quantitative estimate of drug-likeness (QED) is 0.451. The van der Waals surface area contributed by atoms with Gasteiger partial charge in [-0.05, 0) is 19.1 Å². The Morgan fingerprint density at radius 1 is 1.33 bits per heavy atom. The monoisotopic (exact) mass is 490 g/mol. The molecule has 3 aromatic rings. The summed E-state index contributed by atoms with van der Waals surface area (Å²) in [7, 11) is -2.73. The van der Waals surface area contributed by atoms with Crippen molar-refractivity contribution in [1.82, 2.24) is 20.1 Å². The number of aryl methyl sites for hydroxylation is 1. The van der Waals surface area contributed by atoms with Gasteiger partial charge in [0.05, 0.1) is 29.4 Å². The van der Waals surface area contributed by atoms with Crippen LogP contribution in [0.2, 0.25) is 10.0 Å². The van der Waals surface area contributed by atoms with Gasteiger partial charge in [0.15, 0.2) is 5.82 Å². The van der Waals surface area contributed by atoms with E-state index < -0.39 is 16.1 Å². The van der Waals surface area contributed by atoms with Crippen molar-refractivity contribution in [2.45, 2.75) is 22.9 Å². The molecule has 3 rings (SSSR count). The van der Waals surface area contributed by atoms with Crippen LogP contribution in [0.4, 0.5) is 5.82 Å². The molecule has 1 unspecified atom stereocenters. The Labute approximate surface area is 186 Å². The third-order valence-corrected chi connectivity index (χ3v) is 6.95. The van der Waals surface area contributed by atoms with Crippen LogP contribution in [-0.4, -0.2) is 41.4 Å². The van der Waals surface area contributed by atoms with Crippen LogP contribution in [0.5, 0.6) is 5.88 Å². The summed E-state index contributed by atoms with van der Waals surface area (Å²) in [6.45, 7) is 1.69. The molecule has 1 atom stereocenters. The maximum Gasteiger partial charge on any atom is 0.264 e. The highest BCUT2D eigenvalue weighted by Gasteiger charge is 2.23. The van der Waals surface area contributed by atoms with Crippen molar-refractivity contribution in [3.8, 4) is 5.88 Å². The van der Waals surface area contributed by atoms with Gasteiger partial charge in [-0.3, -0.25) is 4.72 Å². The molecule has 14 heteroatoms. The first kappa shape index (κ1) is 22.6. The number of methoxy groups -OCH3 is 1. The number of thioether (sulfide) groups is 1. The van der Waals surface area contributed by atoms with E-state index in [-0.39, 0.29) is 26.6 Å². The molecule has 3 N–H and O–H groups in total. The first-order valence-electron chi connectivity index (χ1n) is 8.27. The number of nitrogens with one attached hydrogen (secondary N) is 1. The molecule has 0 fully saturated rings. The van der Waals surface area contributed by atoms with Gasteiger partial charge < -0.3 is 15.0 Å². The number of nitrogens with two attached hydrogens (primary N) is 1. The SMILES string of the molecule is COc1nc(SCC(N)c2nc(C)no2)cnc1NS(=O)(=O)c1cccc(Cl)c1Cl. The second-order valence-corrected chi connectivity index (χ2v) is 9.30. The molecular formula is C16H16Cl2N6O4S2. The van der Waals surface area contributed by atoms with E-state index in [1.807, 2.05) is 0 Å². The van der Waals surface area contributed by atoms with Gasteiger partial charge in [-0.25, -0.2) is 18.4 Å². The zero-order chi connectivity index (χ0) is 21.9. The lowest BCUT2D eigenvalue weighted by molar-refractivity contribution is 0.360. The number of benzene rings is 1. The maximum atomic E-state index is 12.7. The van der Waals surface area contributed by atoms with Crippen molar-refractivity contribution < 1.29 is 17.7 Å². The molecule has 0 amide bonds. The fourth-order valence-electron chi connectivity index (χ4n) is 2.22. The predicted octanol–water partition coefficient (Wildman–Crippen LogP) is 3.08. The molecule has 0 aliphatic carbocycles. The number of hydrogen-bond donors (Lipinski definition) is 2. The van der Waals surface area contributed by atoms with Gasteiger partial charge in [0, 0.05) is 5.75 Å². The number of nitrogens with zero attached hydrogens (tertiary/aromatic N) is 4. The summed E-state index contributed by atoms with van der Waals surface area (Å²) in [4.78, 5) is 12.2. The van der Waals surface area contributed by atoms with Crippen LogP contribution < -0.4 is 15.2 Å². The Morgan fingerprint density at radius 3 is 2.77 bits per heavy atom. The van der Waals surface area contributed by atoms with Gasteiger partial charge >= 0.3 is 0 Å². The molecule has 0 bridgehead atoms. The van der Waals surface area contributed by atoms with Crippen LogP contribution in [0, 0.1) is 6.92 Å². The number of ether oxygens (including phenoxy) is 1. The van der Waals surface area contributed by atoms with Crippen LogP contribution >= 0.6 is 35.0 Å². The normalized spacial score (nSPS) is 12.6. The molecule has 0 aliphatic rings. The number of sulfonamides is 1. The van der Waals surface area contributed by atoms with Crippen molar-refractivity contribution >= 4 is 50.8 Å². The molecule has 10 nitrogen and oxygen atoms in total. The summed E-state index contributed by atoms with van der Waals surface area (Å²) in [6.07, 6.45) is 1.39. The molecular weight excluding hydrogens is 475 g/mol. The molecule has 0 radical (unpaired) electrons. The topological polar surface area (TPSA) is 146 Å². The minimum absolute atomic E-state index is 0.0241. The van der Waals surface area contributed by atoms with Gasteiger partial charge in [0.1, 0.15) is 9.92 Å². The summed E-state index contributed by atoms with van der Waals surface area (Å²) in [6, 6.07) is 3.77. The van der Waals surface area contributed by atoms with Crippen LogP contribution in [0.3, 0.4) is 0 Å². The van der Waals surface area contributed by atoms with Crippen molar-refractivity contribution in [3.05, 3.63) is 46.2 Å². The number of anilines is 1. The highest BCUT2D eigenvalue weighted by molar-refractivity contribution is 7.99. The van der Waals surface area contributed by atoms with E-state index in [4.69, 9.17) is 38.2 Å². The highest BCUT2D eigenvalue weighted by Crippen LogP contribution is 2.32. The predicted molar refractivity (Wildman–Crippen MR) is 113 cm³/mol. The smallest absolute Gasteiger partial charge is 0.264 e. The van der Waals surface area contributed by atoms with E-state index in [1.165, 1.54) is 43.3 Å². The largest absolute Gasteiger partial charge is 0.478 e. The van der Waals surface area contributed by atoms with Crippen molar-refractivity contribution in [2.75, 3.05) is 17.6 Å². The van der Waals surface area contributed by atoms with Crippen LogP contribution in [0.25, 0.3) is 0 Å². The molecule has 30 heavy (non-hydrogen) atoms. The summed E-state index contributed by atoms with van der Waals surface area (Å²) in [5.74, 6) is 1.05. The Hall–Kier alpha value is -2.12. The first-order valence-corrected chi connectivity index (χ1v) is 11.5. The summed E-state index contributed by atoms with van der Waals surface area (Å²) in [5.41, 5.74) is 6.02. The summed E-state index contributed by atoms with van der Waals surface area (Å²) >= 11 is 13.2. The molecule has 0 saturated heterocycles. The number of halogens is 2. The zero-order valence-electron chi connectivity index (χ0n) is 15.7. The minimum atomic E-state index is -4.07. The molecule has 0 aliphatic heterocycles. The van der Waals surface area contributed by atoms with Crippen molar-refractivity contribution in [1.29, 1.82) is 0 Å². The summed E-state index contributed by atoms with van der Waals surface area (Å²) in [5, 5.41) is 4.16. The fourth-order valence-corrected chi connectivity index (χ4v) is 4.76. The lowest BCUT2D eigenvalue weighted by Gasteiger charge is -2.12. The van der Waals surface area contributed by atoms with Crippen LogP contribution in [0.15, 0.2) is 38.8 Å². The lowest BCUT2D eigenvalue weighted by Crippen LogP contribution is -2.16. The minimum Gasteiger partial charge on any atom is -0.478 e. The van der Waals surface area contributed by atoms with Gasteiger partial charge in [-0.15, -0.1) is 11.8 Å². The second-order valence-electron chi connectivity index (χ2n) is 5.82. The Morgan fingerprint density at radius 2 is 2.10 bits per heavy atom. The molecule has 0 spiro atoms. The van der Waals surface area contributed by atoms with Gasteiger partial charge in [0.25, 0.3) is 15.9 Å². The van der Waals surface area contributed by atoms with E-state index in [2.05, 4.69) is 24.8 Å². The Balaban J connectivity index is 1.76. The second kappa shape index (κ2) is 9.35. The standard InChI is InChI=1S/C16H16Cl2N6O4S2/c1-8-21-15(28-23-8)10(19)7-29-12-6-20-14(16(22-12)27-2)24-30(25,26)11-5-3-4-9(17)13(11)18/h3-6,10H,7,19H2,1-2H3,(H,20,24). The number of aromatic nitrogens is 4. The van der Waals surface area contributed by atoms with E-state index in [0.29, 0.717) is 22.5 Å². The van der Waals surface area contributed by atoms with E-state index >= 15 is 0 Å². The van der Waals surface area contributed by atoms with Crippen LogP contribution in [0.1, 0.15) is 17.8 Å². The van der Waals surface area contributed by atoms with Crippen LogP contribution in [-0.2, 0) is 10.0 Å². The Bertz CT molecular complexity index is 1160. The van der Waals surface area contributed by atoms with Crippen molar-refractivity contribution in [2.24, 2.45) is 5.73 Å². The van der Waals surface area contributed by atoms with Crippen molar-refractivity contribution in [3.63, 3.8) is 0 Å². The average Bonchev–Trinajstić information content (AvgIpc) is 3.15. The van der Waals surface area contributed by atoms with E-state index in [1.54, 1.807) is 6.92 Å². The highest BCUT2D eigenvalue weighted by atomic mass is 35.5. The first-order chi connectivity index (χ1) is 14.2. The molecule has 2 heterocycles. The van der Waals surface area contributed by atoms with Gasteiger partial charge in [-0.1, -0.05) is 34.4 Å². The molecule has 2 aromatic heterocycles. The third kappa shape index (κ3) is 5.13. The average molecular weight is 491 g/mol.